The van der Waals surface area contributed by atoms with Crippen LogP contribution >= 0.6 is 11.3 Å². The molecular formula is C32H27N7O3S. The molecule has 1 N–H and O–H groups in total. The SMILES string of the molecule is CC(Cn1c(NC(=O)c2ccc(-c3cnco3)s2)nc2cc(N(C)C(=O)c3cccc(C#N)c3)ccc21)C1C=NC=CC1. The van der Waals surface area contributed by atoms with E-state index < -0.39 is 0 Å². The maximum Gasteiger partial charge on any atom is 0.268 e. The number of carbonyl (C=O) groups excluding carboxylic acids is 2. The smallest absolute Gasteiger partial charge is 0.268 e. The predicted molar refractivity (Wildman–Crippen MR) is 166 cm³/mol. The number of aliphatic imine (C=N–C) groups is 1. The van der Waals surface area contributed by atoms with Gasteiger partial charge < -0.3 is 13.9 Å². The molecule has 0 aliphatic carbocycles. The highest BCUT2D eigenvalue weighted by molar-refractivity contribution is 7.17. The largest absolute Gasteiger partial charge is 0.443 e. The first-order chi connectivity index (χ1) is 20.9. The number of thiophene rings is 1. The summed E-state index contributed by atoms with van der Waals surface area (Å²) in [6, 6.07) is 17.9. The molecule has 0 saturated carbocycles. The molecule has 2 unspecified atom stereocenters. The second-order valence-electron chi connectivity index (χ2n) is 10.3. The number of nitrogens with one attached hydrogen (secondary N) is 1. The van der Waals surface area contributed by atoms with Crippen LogP contribution in [0.15, 0.2) is 88.9 Å². The number of nitriles is 1. The number of nitrogens with zero attached hydrogens (tertiary/aromatic N) is 6. The molecule has 1 aliphatic heterocycles. The van der Waals surface area contributed by atoms with E-state index in [0.717, 1.165) is 16.8 Å². The summed E-state index contributed by atoms with van der Waals surface area (Å²) < 4.78 is 7.38. The lowest BCUT2D eigenvalue weighted by atomic mass is 9.91. The summed E-state index contributed by atoms with van der Waals surface area (Å²) in [5.74, 6) is 0.935. The highest BCUT2D eigenvalue weighted by Gasteiger charge is 2.23. The topological polar surface area (TPSA) is 129 Å². The van der Waals surface area contributed by atoms with Crippen LogP contribution in [0, 0.1) is 23.2 Å². The molecule has 11 heteroatoms. The van der Waals surface area contributed by atoms with Crippen LogP contribution in [0.3, 0.4) is 0 Å². The average molecular weight is 590 g/mol. The number of fused-ring (bicyclic) bond motifs is 1. The maximum atomic E-state index is 13.4. The van der Waals surface area contributed by atoms with Crippen LogP contribution < -0.4 is 10.2 Å². The van der Waals surface area contributed by atoms with E-state index in [0.29, 0.717) is 45.5 Å². The Kier molecular flexibility index (Phi) is 7.68. The first kappa shape index (κ1) is 27.8. The second-order valence-corrected chi connectivity index (χ2v) is 11.4. The van der Waals surface area contributed by atoms with Crippen molar-refractivity contribution in [3.63, 3.8) is 0 Å². The molecule has 2 amide bonds. The number of rotatable bonds is 8. The van der Waals surface area contributed by atoms with Crippen molar-refractivity contribution in [3.8, 4) is 16.7 Å². The number of allylic oxidation sites excluding steroid dienone is 1. The third-order valence-corrected chi connectivity index (χ3v) is 8.57. The van der Waals surface area contributed by atoms with E-state index in [2.05, 4.69) is 34.4 Å². The second kappa shape index (κ2) is 11.9. The molecule has 214 valence electrons. The Hall–Kier alpha value is -5.34. The van der Waals surface area contributed by atoms with Crippen LogP contribution in [0.4, 0.5) is 11.6 Å². The normalized spacial score (nSPS) is 14.9. The fraction of sp³-hybridized carbons (Fsp3) is 0.188. The van der Waals surface area contributed by atoms with Crippen LogP contribution in [-0.2, 0) is 6.54 Å². The Labute approximate surface area is 251 Å². The molecule has 1 aliphatic rings. The van der Waals surface area contributed by atoms with Crippen molar-refractivity contribution in [2.24, 2.45) is 16.8 Å². The van der Waals surface area contributed by atoms with Crippen molar-refractivity contribution in [2.75, 3.05) is 17.3 Å². The van der Waals surface area contributed by atoms with E-state index in [1.54, 1.807) is 43.6 Å². The van der Waals surface area contributed by atoms with Crippen molar-refractivity contribution < 1.29 is 14.0 Å². The molecule has 0 fully saturated rings. The average Bonchev–Trinajstić information content (AvgIpc) is 3.81. The minimum absolute atomic E-state index is 0.206. The zero-order valence-electron chi connectivity index (χ0n) is 23.5. The summed E-state index contributed by atoms with van der Waals surface area (Å²) in [6.07, 6.45) is 9.70. The van der Waals surface area contributed by atoms with E-state index in [1.807, 2.05) is 41.2 Å². The number of anilines is 2. The van der Waals surface area contributed by atoms with Gasteiger partial charge in [-0.3, -0.25) is 19.9 Å². The van der Waals surface area contributed by atoms with Gasteiger partial charge >= 0.3 is 0 Å². The van der Waals surface area contributed by atoms with Gasteiger partial charge in [0, 0.05) is 43.2 Å². The lowest BCUT2D eigenvalue weighted by Gasteiger charge is -2.22. The maximum absolute atomic E-state index is 13.4. The Bertz CT molecular complexity index is 1910. The van der Waals surface area contributed by atoms with Gasteiger partial charge in [0.2, 0.25) is 5.95 Å². The van der Waals surface area contributed by atoms with E-state index in [9.17, 15) is 14.9 Å². The zero-order valence-corrected chi connectivity index (χ0v) is 24.3. The van der Waals surface area contributed by atoms with Gasteiger partial charge in [-0.1, -0.05) is 19.1 Å². The molecule has 2 aromatic carbocycles. The van der Waals surface area contributed by atoms with Crippen LogP contribution in [0.5, 0.6) is 0 Å². The molecule has 0 saturated heterocycles. The fourth-order valence-corrected chi connectivity index (χ4v) is 5.89. The molecule has 10 nitrogen and oxygen atoms in total. The number of carbonyl (C=O) groups is 2. The van der Waals surface area contributed by atoms with Crippen molar-refractivity contribution in [2.45, 2.75) is 19.9 Å². The number of imidazole rings is 1. The van der Waals surface area contributed by atoms with Gasteiger partial charge in [-0.05, 0) is 60.9 Å². The number of aromatic nitrogens is 3. The standard InChI is InChI=1S/C32H27N7O3S/c1-20(23-7-4-12-34-16-23)18-39-26-9-8-24(38(2)31(41)22-6-3-5-21(13-22)15-33)14-25(26)36-32(39)37-30(40)29-11-10-28(43-29)27-17-35-19-42-27/h3-6,8-14,16-17,19-20,23H,7,18H2,1-2H3,(H,36,37,40). The lowest BCUT2D eigenvalue weighted by molar-refractivity contribution is 0.0991. The molecule has 2 atom stereocenters. The van der Waals surface area contributed by atoms with Gasteiger partial charge in [0.25, 0.3) is 11.8 Å². The summed E-state index contributed by atoms with van der Waals surface area (Å²) in [6.45, 7) is 2.76. The Morgan fingerprint density at radius 2 is 2.12 bits per heavy atom. The molecule has 0 spiro atoms. The molecule has 5 aromatic rings. The van der Waals surface area contributed by atoms with Gasteiger partial charge in [-0.2, -0.15) is 5.26 Å². The first-order valence-corrected chi connectivity index (χ1v) is 14.5. The molecule has 6 rings (SSSR count). The summed E-state index contributed by atoms with van der Waals surface area (Å²) in [4.78, 5) is 42.5. The number of hydrogen-bond acceptors (Lipinski definition) is 8. The number of oxazole rings is 1. The molecule has 3 aromatic heterocycles. The van der Waals surface area contributed by atoms with E-state index in [-0.39, 0.29) is 23.7 Å². The summed E-state index contributed by atoms with van der Waals surface area (Å²) in [5, 5.41) is 12.3. The molecule has 4 heterocycles. The Morgan fingerprint density at radius 1 is 1.23 bits per heavy atom. The van der Waals surface area contributed by atoms with Gasteiger partial charge in [0.1, 0.15) is 0 Å². The van der Waals surface area contributed by atoms with Crippen LogP contribution in [0.1, 0.15) is 38.9 Å². The monoisotopic (exact) mass is 589 g/mol. The predicted octanol–water partition coefficient (Wildman–Crippen LogP) is 6.39. The molecule has 0 radical (unpaired) electrons. The van der Waals surface area contributed by atoms with E-state index in [1.165, 1.54) is 22.6 Å². The molecule has 0 bridgehead atoms. The van der Waals surface area contributed by atoms with Crippen molar-refractivity contribution in [1.29, 1.82) is 5.26 Å². The van der Waals surface area contributed by atoms with Crippen molar-refractivity contribution in [3.05, 3.63) is 95.5 Å². The van der Waals surface area contributed by atoms with Gasteiger partial charge in [0.15, 0.2) is 12.2 Å². The van der Waals surface area contributed by atoms with Crippen molar-refractivity contribution in [1.82, 2.24) is 14.5 Å². The van der Waals surface area contributed by atoms with E-state index in [4.69, 9.17) is 9.40 Å². The number of benzene rings is 2. The Balaban J connectivity index is 1.32. The highest BCUT2D eigenvalue weighted by Crippen LogP contribution is 2.31. The van der Waals surface area contributed by atoms with Gasteiger partial charge in [-0.15, -0.1) is 11.3 Å². The zero-order chi connectivity index (χ0) is 29.9. The molecular weight excluding hydrogens is 562 g/mol. The van der Waals surface area contributed by atoms with Crippen LogP contribution in [-0.4, -0.2) is 39.6 Å². The van der Waals surface area contributed by atoms with Gasteiger partial charge in [0.05, 0.1) is 38.6 Å². The highest BCUT2D eigenvalue weighted by atomic mass is 32.1. The van der Waals surface area contributed by atoms with Crippen LogP contribution in [0.2, 0.25) is 0 Å². The molecule has 43 heavy (non-hydrogen) atoms. The summed E-state index contributed by atoms with van der Waals surface area (Å²) >= 11 is 1.31. The lowest BCUT2D eigenvalue weighted by Crippen LogP contribution is -2.26. The minimum atomic E-state index is -0.285. The quantitative estimate of drug-likeness (QED) is 0.223. The fourth-order valence-electron chi connectivity index (χ4n) is 5.04. The Morgan fingerprint density at radius 3 is 2.88 bits per heavy atom. The summed E-state index contributed by atoms with van der Waals surface area (Å²) in [7, 11) is 1.68. The number of amides is 2. The third-order valence-electron chi connectivity index (χ3n) is 7.47. The first-order valence-electron chi connectivity index (χ1n) is 13.7. The van der Waals surface area contributed by atoms with Gasteiger partial charge in [-0.25, -0.2) is 9.97 Å². The third kappa shape index (κ3) is 5.73. The summed E-state index contributed by atoms with van der Waals surface area (Å²) in [5.41, 5.74) is 2.93. The van der Waals surface area contributed by atoms with E-state index >= 15 is 0 Å². The van der Waals surface area contributed by atoms with Crippen molar-refractivity contribution >= 4 is 52.0 Å². The minimum Gasteiger partial charge on any atom is -0.443 e. The number of hydrogen-bond donors (Lipinski definition) is 1. The van der Waals surface area contributed by atoms with Crippen LogP contribution in [0.25, 0.3) is 21.7 Å².